The second-order valence-electron chi connectivity index (χ2n) is 8.63. The zero-order valence-corrected chi connectivity index (χ0v) is 19.1. The monoisotopic (exact) mass is 374 g/mol. The van der Waals surface area contributed by atoms with Gasteiger partial charge in [-0.15, -0.1) is 0 Å². The first-order chi connectivity index (χ1) is 13.2. The van der Waals surface area contributed by atoms with Crippen molar-refractivity contribution in [2.75, 3.05) is 0 Å². The molecule has 0 aliphatic carbocycles. The Bertz CT molecular complexity index is 758. The van der Waals surface area contributed by atoms with Crippen molar-refractivity contribution >= 4 is 6.08 Å². The predicted molar refractivity (Wildman–Crippen MR) is 127 cm³/mol. The van der Waals surface area contributed by atoms with Crippen LogP contribution in [0.3, 0.4) is 0 Å². The van der Waals surface area contributed by atoms with Crippen molar-refractivity contribution < 1.29 is 0 Å². The molecule has 2 aromatic rings. The molecule has 0 heteroatoms. The molecule has 0 unspecified atom stereocenters. The van der Waals surface area contributed by atoms with Crippen molar-refractivity contribution in [1.29, 1.82) is 0 Å². The minimum Gasteiger partial charge on any atom is -0.0951 e. The maximum Gasteiger partial charge on any atom is 0.0245 e. The van der Waals surface area contributed by atoms with Crippen LogP contribution in [0.15, 0.2) is 54.6 Å². The van der Waals surface area contributed by atoms with Gasteiger partial charge in [-0.2, -0.15) is 0 Å². The zero-order chi connectivity index (χ0) is 21.1. The molecule has 28 heavy (non-hydrogen) atoms. The second-order valence-corrected chi connectivity index (χ2v) is 8.63. The predicted octanol–water partition coefficient (Wildman–Crippen LogP) is 8.30. The summed E-state index contributed by atoms with van der Waals surface area (Å²) < 4.78 is 0. The molecule has 150 valence electrons. The third-order valence-electron chi connectivity index (χ3n) is 4.36. The van der Waals surface area contributed by atoms with E-state index in [2.05, 4.69) is 128 Å². The average molecular weight is 375 g/mol. The highest BCUT2D eigenvalue weighted by atomic mass is 14.0. The van der Waals surface area contributed by atoms with Crippen LogP contribution in [0.2, 0.25) is 0 Å². The molecule has 0 saturated carbocycles. The normalized spacial score (nSPS) is 11.0. The molecule has 0 N–H and O–H groups in total. The van der Waals surface area contributed by atoms with E-state index in [4.69, 9.17) is 0 Å². The molecule has 0 aliphatic heterocycles. The Balaban J connectivity index is 0.000000280. The van der Waals surface area contributed by atoms with Crippen LogP contribution in [0.1, 0.15) is 89.5 Å². The summed E-state index contributed by atoms with van der Waals surface area (Å²) in [5, 5.41) is 0. The number of benzene rings is 2. The molecule has 0 aliphatic rings. The van der Waals surface area contributed by atoms with Gasteiger partial charge in [0.15, 0.2) is 0 Å². The van der Waals surface area contributed by atoms with Gasteiger partial charge in [0.25, 0.3) is 0 Å². The van der Waals surface area contributed by atoms with Gasteiger partial charge in [-0.3, -0.25) is 0 Å². The van der Waals surface area contributed by atoms with Gasteiger partial charge in [-0.1, -0.05) is 116 Å². The first-order valence-corrected chi connectivity index (χ1v) is 10.6. The van der Waals surface area contributed by atoms with Crippen LogP contribution in [0.5, 0.6) is 0 Å². The number of hydrogen-bond donors (Lipinski definition) is 0. The van der Waals surface area contributed by atoms with E-state index in [1.165, 1.54) is 16.7 Å². The Morgan fingerprint density at radius 3 is 1.50 bits per heavy atom. The van der Waals surface area contributed by atoms with Crippen LogP contribution >= 0.6 is 0 Å². The third-order valence-corrected chi connectivity index (χ3v) is 4.36. The Labute approximate surface area is 174 Å². The lowest BCUT2D eigenvalue weighted by Gasteiger charge is -2.04. The van der Waals surface area contributed by atoms with E-state index in [1.54, 1.807) is 0 Å². The standard InChI is InChI=1S/C14H20.C14H18/c2*1-11(2)5-6-13-7-9-14(10-8-13)12(3)4/h5-12H,1-4H3;7-12H,1-4H3/b6-5+;. The highest BCUT2D eigenvalue weighted by molar-refractivity contribution is 5.50. The largest absolute Gasteiger partial charge is 0.0951 e. The van der Waals surface area contributed by atoms with Gasteiger partial charge in [0.2, 0.25) is 0 Å². The first-order valence-electron chi connectivity index (χ1n) is 10.6. The Hall–Kier alpha value is -2.26. The van der Waals surface area contributed by atoms with Crippen LogP contribution in [-0.4, -0.2) is 0 Å². The summed E-state index contributed by atoms with van der Waals surface area (Å²) >= 11 is 0. The van der Waals surface area contributed by atoms with Gasteiger partial charge in [0.05, 0.1) is 0 Å². The summed E-state index contributed by atoms with van der Waals surface area (Å²) in [6.07, 6.45) is 4.42. The molecule has 0 nitrogen and oxygen atoms in total. The van der Waals surface area contributed by atoms with E-state index in [1.807, 2.05) is 0 Å². The summed E-state index contributed by atoms with van der Waals surface area (Å²) in [5.41, 5.74) is 5.19. The lowest BCUT2D eigenvalue weighted by molar-refractivity contribution is 0.836. The minimum absolute atomic E-state index is 0.444. The maximum absolute atomic E-state index is 3.16. The molecule has 0 bridgehead atoms. The van der Waals surface area contributed by atoms with Crippen molar-refractivity contribution in [2.24, 2.45) is 11.8 Å². The molecule has 0 aromatic heterocycles. The smallest absolute Gasteiger partial charge is 0.0245 e. The lowest BCUT2D eigenvalue weighted by atomic mass is 10.0. The maximum atomic E-state index is 3.16. The fraction of sp³-hybridized carbons (Fsp3) is 0.429. The second kappa shape index (κ2) is 12.2. The van der Waals surface area contributed by atoms with Crippen LogP contribution in [0, 0.1) is 23.7 Å². The molecule has 0 fully saturated rings. The van der Waals surface area contributed by atoms with Gasteiger partial charge >= 0.3 is 0 Å². The van der Waals surface area contributed by atoms with E-state index < -0.39 is 0 Å². The molecule has 2 rings (SSSR count). The number of rotatable bonds is 4. The quantitative estimate of drug-likeness (QED) is 0.472. The van der Waals surface area contributed by atoms with Crippen LogP contribution < -0.4 is 0 Å². The van der Waals surface area contributed by atoms with Crippen LogP contribution in [0.4, 0.5) is 0 Å². The highest BCUT2D eigenvalue weighted by Gasteiger charge is 1.98. The summed E-state index contributed by atoms with van der Waals surface area (Å²) in [7, 11) is 0. The van der Waals surface area contributed by atoms with Gasteiger partial charge in [-0.25, -0.2) is 0 Å². The summed E-state index contributed by atoms with van der Waals surface area (Å²) in [4.78, 5) is 0. The number of allylic oxidation sites excluding steroid dienone is 1. The lowest BCUT2D eigenvalue weighted by Crippen LogP contribution is -1.86. The SMILES string of the molecule is CC(C)/C=C/c1ccc(C(C)C)cc1.CC(C)C#Cc1ccc(C(C)C)cc1. The van der Waals surface area contributed by atoms with Crippen LogP contribution in [0.25, 0.3) is 6.08 Å². The van der Waals surface area contributed by atoms with E-state index in [0.717, 1.165) is 5.56 Å². The fourth-order valence-corrected chi connectivity index (χ4v) is 2.47. The van der Waals surface area contributed by atoms with Crippen molar-refractivity contribution in [2.45, 2.75) is 67.2 Å². The Morgan fingerprint density at radius 2 is 1.11 bits per heavy atom. The Kier molecular flexibility index (Phi) is 10.4. The number of hydrogen-bond acceptors (Lipinski definition) is 0. The molecule has 0 saturated heterocycles. The Morgan fingerprint density at radius 1 is 0.643 bits per heavy atom. The molecule has 0 atom stereocenters. The van der Waals surface area contributed by atoms with Crippen molar-refractivity contribution in [3.8, 4) is 11.8 Å². The van der Waals surface area contributed by atoms with E-state index in [0.29, 0.717) is 23.7 Å². The minimum atomic E-state index is 0.444. The fourth-order valence-electron chi connectivity index (χ4n) is 2.47. The van der Waals surface area contributed by atoms with Gasteiger partial charge in [-0.05, 0) is 46.6 Å². The first kappa shape index (κ1) is 23.8. The molecule has 0 spiro atoms. The molecule has 0 radical (unpaired) electrons. The van der Waals surface area contributed by atoms with Gasteiger partial charge < -0.3 is 0 Å². The average Bonchev–Trinajstić information content (AvgIpc) is 2.65. The van der Waals surface area contributed by atoms with Crippen molar-refractivity contribution in [1.82, 2.24) is 0 Å². The zero-order valence-electron chi connectivity index (χ0n) is 19.1. The summed E-state index contributed by atoms with van der Waals surface area (Å²) in [5.74, 6) is 8.61. The molecular formula is C28H38. The molecular weight excluding hydrogens is 336 g/mol. The van der Waals surface area contributed by atoms with Crippen molar-refractivity contribution in [3.63, 3.8) is 0 Å². The molecule has 2 aromatic carbocycles. The highest BCUT2D eigenvalue weighted by Crippen LogP contribution is 2.16. The van der Waals surface area contributed by atoms with Crippen LogP contribution in [-0.2, 0) is 0 Å². The van der Waals surface area contributed by atoms with Gasteiger partial charge in [0.1, 0.15) is 0 Å². The van der Waals surface area contributed by atoms with E-state index >= 15 is 0 Å². The molecule has 0 amide bonds. The summed E-state index contributed by atoms with van der Waals surface area (Å²) in [6, 6.07) is 17.3. The van der Waals surface area contributed by atoms with E-state index in [-0.39, 0.29) is 0 Å². The molecule has 0 heterocycles. The van der Waals surface area contributed by atoms with E-state index in [9.17, 15) is 0 Å². The third kappa shape index (κ3) is 9.61. The van der Waals surface area contributed by atoms with Gasteiger partial charge in [0, 0.05) is 11.5 Å². The topological polar surface area (TPSA) is 0 Å². The van der Waals surface area contributed by atoms with Crippen molar-refractivity contribution in [3.05, 3.63) is 76.9 Å². The summed E-state index contributed by atoms with van der Waals surface area (Å²) in [6.45, 7) is 17.4.